The second-order valence-corrected chi connectivity index (χ2v) is 4.98. The van der Waals surface area contributed by atoms with E-state index >= 15 is 0 Å². The molecule has 1 fully saturated rings. The predicted octanol–water partition coefficient (Wildman–Crippen LogP) is 2.47. The Morgan fingerprint density at radius 2 is 1.88 bits per heavy atom. The highest BCUT2D eigenvalue weighted by molar-refractivity contribution is 5.81. The maximum Gasteiger partial charge on any atom is 0.309 e. The number of hydrogen-bond donors (Lipinski definition) is 1. The molecule has 1 aliphatic rings. The highest BCUT2D eigenvalue weighted by Gasteiger charge is 2.36. The van der Waals surface area contributed by atoms with Gasteiger partial charge in [0.1, 0.15) is 0 Å². The molecule has 4 nitrogen and oxygen atoms in total. The molecule has 0 aromatic heterocycles. The predicted molar refractivity (Wildman–Crippen MR) is 63.5 cm³/mol. The Hall–Kier alpha value is -1.06. The summed E-state index contributed by atoms with van der Waals surface area (Å²) < 4.78 is 5.21. The molecule has 0 saturated heterocycles. The van der Waals surface area contributed by atoms with Gasteiger partial charge in [0.05, 0.1) is 18.4 Å². The third-order valence-corrected chi connectivity index (χ3v) is 3.59. The molecule has 0 spiro atoms. The van der Waals surface area contributed by atoms with Crippen LogP contribution in [-0.2, 0) is 14.3 Å². The molecule has 1 N–H and O–H groups in total. The molecule has 0 amide bonds. The van der Waals surface area contributed by atoms with Gasteiger partial charge in [-0.15, -0.1) is 0 Å². The Morgan fingerprint density at radius 3 is 2.41 bits per heavy atom. The number of carboxylic acid groups (broad SMARTS) is 1. The van der Waals surface area contributed by atoms with E-state index < -0.39 is 17.8 Å². The van der Waals surface area contributed by atoms with Gasteiger partial charge >= 0.3 is 11.9 Å². The van der Waals surface area contributed by atoms with Crippen LogP contribution < -0.4 is 0 Å². The summed E-state index contributed by atoms with van der Waals surface area (Å²) >= 11 is 0. The number of carbonyl (C=O) groups is 2. The lowest BCUT2D eigenvalue weighted by Crippen LogP contribution is -2.34. The lowest BCUT2D eigenvalue weighted by molar-refractivity contribution is -0.160. The average Bonchev–Trinajstić information content (AvgIpc) is 2.35. The molecular formula is C13H22O4. The largest absolute Gasteiger partial charge is 0.481 e. The van der Waals surface area contributed by atoms with Crippen LogP contribution in [0.2, 0.25) is 0 Å². The Morgan fingerprint density at radius 1 is 1.29 bits per heavy atom. The van der Waals surface area contributed by atoms with E-state index in [1.54, 1.807) is 0 Å². The van der Waals surface area contributed by atoms with Gasteiger partial charge in [0, 0.05) is 0 Å². The van der Waals surface area contributed by atoms with Crippen molar-refractivity contribution in [3.63, 3.8) is 0 Å². The van der Waals surface area contributed by atoms with Gasteiger partial charge in [-0.05, 0) is 18.8 Å². The molecule has 3 unspecified atom stereocenters. The molecule has 0 radical (unpaired) electrons. The fraction of sp³-hybridized carbons (Fsp3) is 0.846. The van der Waals surface area contributed by atoms with Gasteiger partial charge < -0.3 is 9.84 Å². The zero-order chi connectivity index (χ0) is 12.8. The Balaban J connectivity index is 2.50. The van der Waals surface area contributed by atoms with E-state index in [4.69, 9.17) is 9.84 Å². The Labute approximate surface area is 102 Å². The quantitative estimate of drug-likeness (QED) is 0.752. The molecule has 0 aromatic rings. The van der Waals surface area contributed by atoms with Crippen LogP contribution in [0.4, 0.5) is 0 Å². The molecule has 0 aliphatic heterocycles. The molecular weight excluding hydrogens is 220 g/mol. The van der Waals surface area contributed by atoms with Crippen molar-refractivity contribution >= 4 is 11.9 Å². The number of carbonyl (C=O) groups excluding carboxylic acids is 1. The van der Waals surface area contributed by atoms with Crippen molar-refractivity contribution in [2.75, 3.05) is 6.61 Å². The van der Waals surface area contributed by atoms with E-state index in [0.29, 0.717) is 25.4 Å². The summed E-state index contributed by atoms with van der Waals surface area (Å²) in [5.41, 5.74) is 0. The summed E-state index contributed by atoms with van der Waals surface area (Å²) in [6.07, 6.45) is 4.02. The van der Waals surface area contributed by atoms with Crippen LogP contribution in [0.25, 0.3) is 0 Å². The number of esters is 1. The first-order valence-electron chi connectivity index (χ1n) is 6.45. The van der Waals surface area contributed by atoms with Gasteiger partial charge in [-0.2, -0.15) is 0 Å². The van der Waals surface area contributed by atoms with Crippen LogP contribution in [0.5, 0.6) is 0 Å². The van der Waals surface area contributed by atoms with Crippen LogP contribution in [0, 0.1) is 17.8 Å². The summed E-state index contributed by atoms with van der Waals surface area (Å²) in [7, 11) is 0. The summed E-state index contributed by atoms with van der Waals surface area (Å²) in [6.45, 7) is 4.46. The van der Waals surface area contributed by atoms with E-state index in [9.17, 15) is 9.59 Å². The summed E-state index contributed by atoms with van der Waals surface area (Å²) in [5.74, 6) is -1.84. The van der Waals surface area contributed by atoms with Crippen molar-refractivity contribution in [3.8, 4) is 0 Å². The smallest absolute Gasteiger partial charge is 0.309 e. The van der Waals surface area contributed by atoms with Crippen molar-refractivity contribution in [2.45, 2.75) is 46.0 Å². The average molecular weight is 242 g/mol. The van der Waals surface area contributed by atoms with Crippen molar-refractivity contribution < 1.29 is 19.4 Å². The normalized spacial score (nSPS) is 26.2. The van der Waals surface area contributed by atoms with Gasteiger partial charge in [0.2, 0.25) is 0 Å². The van der Waals surface area contributed by atoms with Crippen molar-refractivity contribution in [2.24, 2.45) is 17.8 Å². The zero-order valence-corrected chi connectivity index (χ0v) is 10.6. The van der Waals surface area contributed by atoms with Gasteiger partial charge in [0.25, 0.3) is 0 Å². The molecule has 4 heteroatoms. The second-order valence-electron chi connectivity index (χ2n) is 4.98. The molecule has 1 rings (SSSR count). The molecule has 98 valence electrons. The molecule has 1 saturated carbocycles. The third-order valence-electron chi connectivity index (χ3n) is 3.59. The number of rotatable bonds is 5. The van der Waals surface area contributed by atoms with E-state index in [1.165, 1.54) is 0 Å². The monoisotopic (exact) mass is 242 g/mol. The summed E-state index contributed by atoms with van der Waals surface area (Å²) in [4.78, 5) is 22.9. The summed E-state index contributed by atoms with van der Waals surface area (Å²) in [5, 5.41) is 9.07. The van der Waals surface area contributed by atoms with Crippen molar-refractivity contribution in [1.29, 1.82) is 0 Å². The van der Waals surface area contributed by atoms with E-state index in [-0.39, 0.29) is 5.97 Å². The molecule has 1 aliphatic carbocycles. The minimum Gasteiger partial charge on any atom is -0.481 e. The molecule has 0 heterocycles. The number of hydrogen-bond acceptors (Lipinski definition) is 3. The number of aliphatic carboxylic acids is 1. The Kier molecular flexibility index (Phi) is 5.45. The van der Waals surface area contributed by atoms with Gasteiger partial charge in [0.15, 0.2) is 0 Å². The fourth-order valence-electron chi connectivity index (χ4n) is 2.16. The maximum atomic E-state index is 11.8. The van der Waals surface area contributed by atoms with Gasteiger partial charge in [-0.3, -0.25) is 9.59 Å². The first-order chi connectivity index (χ1) is 8.06. The standard InChI is InChI=1S/C13H22O4/c1-3-9(2)8-17-13(16)11-7-5-4-6-10(11)12(14)15/h9-11H,3-8H2,1-2H3,(H,14,15). The van der Waals surface area contributed by atoms with E-state index in [2.05, 4.69) is 0 Å². The number of carboxylic acids is 1. The second kappa shape index (κ2) is 6.62. The van der Waals surface area contributed by atoms with Crippen LogP contribution in [0.3, 0.4) is 0 Å². The first kappa shape index (κ1) is 14.0. The first-order valence-corrected chi connectivity index (χ1v) is 6.45. The van der Waals surface area contributed by atoms with Crippen molar-refractivity contribution in [3.05, 3.63) is 0 Å². The van der Waals surface area contributed by atoms with Crippen LogP contribution in [0.1, 0.15) is 46.0 Å². The maximum absolute atomic E-state index is 11.8. The van der Waals surface area contributed by atoms with Crippen molar-refractivity contribution in [1.82, 2.24) is 0 Å². The zero-order valence-electron chi connectivity index (χ0n) is 10.6. The fourth-order valence-corrected chi connectivity index (χ4v) is 2.16. The number of ether oxygens (including phenoxy) is 1. The molecule has 0 bridgehead atoms. The van der Waals surface area contributed by atoms with Gasteiger partial charge in [-0.1, -0.05) is 33.1 Å². The highest BCUT2D eigenvalue weighted by atomic mass is 16.5. The van der Waals surface area contributed by atoms with Crippen LogP contribution in [0.15, 0.2) is 0 Å². The molecule has 3 atom stereocenters. The SMILES string of the molecule is CCC(C)COC(=O)C1CCCCC1C(=O)O. The van der Waals surface area contributed by atoms with E-state index in [0.717, 1.165) is 19.3 Å². The van der Waals surface area contributed by atoms with E-state index in [1.807, 2.05) is 13.8 Å². The van der Waals surface area contributed by atoms with Gasteiger partial charge in [-0.25, -0.2) is 0 Å². The van der Waals surface area contributed by atoms with Crippen LogP contribution >= 0.6 is 0 Å². The summed E-state index contributed by atoms with van der Waals surface area (Å²) in [6, 6.07) is 0. The minimum absolute atomic E-state index is 0.322. The highest BCUT2D eigenvalue weighted by Crippen LogP contribution is 2.31. The molecule has 17 heavy (non-hydrogen) atoms. The lowest BCUT2D eigenvalue weighted by atomic mass is 9.79. The third kappa shape index (κ3) is 4.02. The topological polar surface area (TPSA) is 63.6 Å². The minimum atomic E-state index is -0.866. The lowest BCUT2D eigenvalue weighted by Gasteiger charge is -2.27. The molecule has 0 aromatic carbocycles. The Bertz CT molecular complexity index is 275. The van der Waals surface area contributed by atoms with Crippen LogP contribution in [-0.4, -0.2) is 23.7 Å².